The second-order valence-corrected chi connectivity index (χ2v) is 9.43. The fourth-order valence-corrected chi connectivity index (χ4v) is 3.89. The molecule has 0 saturated carbocycles. The largest absolute Gasteiger partial charge is 0.352 e. The molecule has 1 aliphatic heterocycles. The molecule has 1 rings (SSSR count). The topological polar surface area (TPSA) is 194 Å². The van der Waals surface area contributed by atoms with Crippen LogP contribution in [0, 0.1) is 18.8 Å². The number of primary amides is 1. The van der Waals surface area contributed by atoms with Crippen LogP contribution in [0.2, 0.25) is 0 Å². The van der Waals surface area contributed by atoms with E-state index in [0.29, 0.717) is 64.5 Å². The van der Waals surface area contributed by atoms with Crippen LogP contribution in [0.4, 0.5) is 4.79 Å². The van der Waals surface area contributed by atoms with E-state index >= 15 is 0 Å². The van der Waals surface area contributed by atoms with Gasteiger partial charge in [0.25, 0.3) is 11.8 Å². The zero-order valence-electron chi connectivity index (χ0n) is 25.1. The number of rotatable bonds is 19. The molecule has 0 aliphatic carbocycles. The number of ketones is 1. The molecule has 2 atom stereocenters. The second kappa shape index (κ2) is 24.1. The van der Waals surface area contributed by atoms with Gasteiger partial charge in [-0.15, -0.1) is 12.8 Å². The molecule has 7 N–H and O–H groups in total. The van der Waals surface area contributed by atoms with Crippen LogP contribution in [0.15, 0.2) is 12.2 Å². The van der Waals surface area contributed by atoms with Gasteiger partial charge in [0.15, 0.2) is 5.78 Å². The molecule has 6 amide bonds. The molecule has 0 aromatic rings. The third-order valence-corrected chi connectivity index (χ3v) is 5.98. The molecule has 0 fully saturated rings. The number of nitrogens with one attached hydrogen (secondary N) is 3. The minimum Gasteiger partial charge on any atom is -0.352 e. The molecule has 0 aromatic carbocycles. The van der Waals surface area contributed by atoms with E-state index in [-0.39, 0.29) is 42.4 Å². The molecule has 12 nitrogen and oxygen atoms in total. The third kappa shape index (κ3) is 17.6. The van der Waals surface area contributed by atoms with Gasteiger partial charge in [-0.05, 0) is 51.5 Å². The van der Waals surface area contributed by atoms with Gasteiger partial charge in [-0.2, -0.15) is 0 Å². The second-order valence-electron chi connectivity index (χ2n) is 9.43. The van der Waals surface area contributed by atoms with Crippen molar-refractivity contribution in [3.63, 3.8) is 0 Å². The first-order valence-corrected chi connectivity index (χ1v) is 14.3. The lowest BCUT2D eigenvalue weighted by Gasteiger charge is -2.24. The van der Waals surface area contributed by atoms with Gasteiger partial charge in [0.05, 0.1) is 6.04 Å². The van der Waals surface area contributed by atoms with E-state index < -0.39 is 24.0 Å². The predicted molar refractivity (Wildman–Crippen MR) is 159 cm³/mol. The maximum atomic E-state index is 13.1. The summed E-state index contributed by atoms with van der Waals surface area (Å²) < 4.78 is 0. The fourth-order valence-electron chi connectivity index (χ4n) is 3.89. The van der Waals surface area contributed by atoms with E-state index in [1.54, 1.807) is 13.8 Å². The van der Waals surface area contributed by atoms with Crippen LogP contribution in [0.5, 0.6) is 0 Å². The Morgan fingerprint density at radius 2 is 1.44 bits per heavy atom. The van der Waals surface area contributed by atoms with Gasteiger partial charge < -0.3 is 27.4 Å². The van der Waals surface area contributed by atoms with E-state index in [4.69, 9.17) is 11.5 Å². The van der Waals surface area contributed by atoms with Crippen LogP contribution in [0.1, 0.15) is 85.5 Å². The van der Waals surface area contributed by atoms with E-state index in [0.717, 1.165) is 4.90 Å². The molecule has 0 unspecified atom stereocenters. The molecule has 12 heteroatoms. The highest BCUT2D eigenvalue weighted by molar-refractivity contribution is 6.12. The number of amides is 6. The van der Waals surface area contributed by atoms with Crippen molar-refractivity contribution >= 4 is 35.4 Å². The Kier molecular flexibility index (Phi) is 23.2. The van der Waals surface area contributed by atoms with Gasteiger partial charge in [-0.3, -0.25) is 28.9 Å². The Morgan fingerprint density at radius 3 is 1.98 bits per heavy atom. The van der Waals surface area contributed by atoms with Crippen LogP contribution in [0.3, 0.4) is 0 Å². The van der Waals surface area contributed by atoms with E-state index in [2.05, 4.69) is 28.8 Å². The van der Waals surface area contributed by atoms with Crippen molar-refractivity contribution in [2.75, 3.05) is 19.6 Å². The number of carbonyl (C=O) groups excluding carboxylic acids is 6. The minimum absolute atomic E-state index is 0.135. The Hall–Kier alpha value is -3.72. The molecule has 0 radical (unpaired) electrons. The summed E-state index contributed by atoms with van der Waals surface area (Å²) in [7, 11) is 0. The molecule has 41 heavy (non-hydrogen) atoms. The fraction of sp³-hybridized carbons (Fsp3) is 0.655. The normalized spacial score (nSPS) is 13.3. The first kappa shape index (κ1) is 39.4. The van der Waals surface area contributed by atoms with Crippen LogP contribution >= 0.6 is 0 Å². The van der Waals surface area contributed by atoms with Crippen LogP contribution in [-0.4, -0.2) is 72.1 Å². The zero-order valence-corrected chi connectivity index (χ0v) is 25.1. The lowest BCUT2D eigenvalue weighted by Crippen LogP contribution is -2.52. The minimum atomic E-state index is -0.809. The van der Waals surface area contributed by atoms with E-state index in [1.807, 2.05) is 13.8 Å². The molecule has 232 valence electrons. The smallest absolute Gasteiger partial charge is 0.312 e. The van der Waals surface area contributed by atoms with E-state index in [1.165, 1.54) is 12.2 Å². The van der Waals surface area contributed by atoms with Crippen molar-refractivity contribution in [3.8, 4) is 12.8 Å². The Bertz CT molecular complexity index is 868. The van der Waals surface area contributed by atoms with Crippen molar-refractivity contribution < 1.29 is 28.8 Å². The summed E-state index contributed by atoms with van der Waals surface area (Å²) in [6, 6.07) is -2.22. The predicted octanol–water partition coefficient (Wildman–Crippen LogP) is 1.52. The quantitative estimate of drug-likeness (QED) is 0.0870. The number of carbonyl (C=O) groups is 6. The van der Waals surface area contributed by atoms with Crippen molar-refractivity contribution in [2.45, 2.75) is 97.6 Å². The van der Waals surface area contributed by atoms with Crippen molar-refractivity contribution in [3.05, 3.63) is 12.2 Å². The average Bonchev–Trinajstić information content (AvgIpc) is 3.27. The summed E-state index contributed by atoms with van der Waals surface area (Å²) in [6.45, 7) is 8.53. The summed E-state index contributed by atoms with van der Waals surface area (Å²) in [5.41, 5.74) is 10.6. The van der Waals surface area contributed by atoms with Gasteiger partial charge >= 0.3 is 6.03 Å². The highest BCUT2D eigenvalue weighted by Gasteiger charge is 2.27. The molecule has 1 aliphatic rings. The SMILES string of the molecule is C#C.CC.CC(C)C(=O)[C@H](CCCNC(N)=O)NC(=O)[C@H](CCCCN)NC(=O)CCCCCN1C(=O)C=CC1=O. The Morgan fingerprint density at radius 1 is 0.854 bits per heavy atom. The highest BCUT2D eigenvalue weighted by atomic mass is 16.2. The summed E-state index contributed by atoms with van der Waals surface area (Å²) in [5.74, 6) is -1.82. The molecule has 0 aromatic heterocycles. The molecular formula is C29H50N6O6. The molecule has 0 spiro atoms. The molecule has 1 heterocycles. The number of hydrogen-bond donors (Lipinski definition) is 5. The highest BCUT2D eigenvalue weighted by Crippen LogP contribution is 2.10. The van der Waals surface area contributed by atoms with Gasteiger partial charge in [-0.25, -0.2) is 4.79 Å². The van der Waals surface area contributed by atoms with Gasteiger partial charge in [0, 0.05) is 37.6 Å². The summed E-state index contributed by atoms with van der Waals surface area (Å²) in [5, 5.41) is 8.01. The summed E-state index contributed by atoms with van der Waals surface area (Å²) >= 11 is 0. The number of unbranched alkanes of at least 4 members (excludes halogenated alkanes) is 3. The number of hydrogen-bond acceptors (Lipinski definition) is 7. The zero-order chi connectivity index (χ0) is 31.8. The Balaban J connectivity index is 0. The standard InChI is InChI=1S/C25H42N6O6.C2H6.C2H2/c1-17(2)23(35)18(10-8-15-28-25(27)37)30-24(36)19(9-5-6-14-26)29-20(32)11-4-3-7-16-31-21(33)12-13-22(31)34;2*1-2/h12-13,17-19H,3-11,14-16,26H2,1-2H3,(H,29,32)(H,30,36)(H3,27,28,37);1-2H3;1-2H/t18-,19-;;/m0../s1. The number of Topliss-reactive ketones (excluding diaryl/α,β-unsaturated/α-hetero) is 1. The third-order valence-electron chi connectivity index (χ3n) is 5.98. The first-order chi connectivity index (χ1) is 19.6. The van der Waals surface area contributed by atoms with Gasteiger partial charge in [0.1, 0.15) is 6.04 Å². The number of nitrogens with zero attached hydrogens (tertiary/aromatic N) is 1. The average molecular weight is 579 g/mol. The van der Waals surface area contributed by atoms with Crippen LogP contribution in [-0.2, 0) is 24.0 Å². The maximum absolute atomic E-state index is 13.1. The number of urea groups is 1. The van der Waals surface area contributed by atoms with Gasteiger partial charge in [0.2, 0.25) is 11.8 Å². The maximum Gasteiger partial charge on any atom is 0.312 e. The summed E-state index contributed by atoms with van der Waals surface area (Å²) in [4.78, 5) is 73.5. The summed E-state index contributed by atoms with van der Waals surface area (Å²) in [6.07, 6.45) is 14.9. The number of nitrogens with two attached hydrogens (primary N) is 2. The van der Waals surface area contributed by atoms with Crippen LogP contribution < -0.4 is 27.4 Å². The van der Waals surface area contributed by atoms with Crippen molar-refractivity contribution in [2.24, 2.45) is 17.4 Å². The van der Waals surface area contributed by atoms with Crippen LogP contribution in [0.25, 0.3) is 0 Å². The molecular weight excluding hydrogens is 528 g/mol. The molecule has 0 bridgehead atoms. The first-order valence-electron chi connectivity index (χ1n) is 14.3. The lowest BCUT2D eigenvalue weighted by molar-refractivity contribution is -0.137. The van der Waals surface area contributed by atoms with E-state index in [9.17, 15) is 28.8 Å². The number of imide groups is 1. The van der Waals surface area contributed by atoms with Gasteiger partial charge in [-0.1, -0.05) is 34.1 Å². The molecule has 0 saturated heterocycles. The number of terminal acetylenes is 1. The lowest BCUT2D eigenvalue weighted by atomic mass is 9.97. The monoisotopic (exact) mass is 578 g/mol. The van der Waals surface area contributed by atoms with Crippen molar-refractivity contribution in [1.82, 2.24) is 20.9 Å². The van der Waals surface area contributed by atoms with Crippen molar-refractivity contribution in [1.29, 1.82) is 0 Å². The Labute approximate surface area is 244 Å².